The van der Waals surface area contributed by atoms with E-state index in [1.807, 2.05) is 18.2 Å². The van der Waals surface area contributed by atoms with Crippen LogP contribution in [0.1, 0.15) is 43.0 Å². The van der Waals surface area contributed by atoms with E-state index in [9.17, 15) is 4.79 Å². The van der Waals surface area contributed by atoms with Crippen LogP contribution in [-0.4, -0.2) is 64.2 Å². The number of Topliss-reactive ketones (excluding diaryl/α,β-unsaturated/α-hetero) is 1. The third-order valence-electron chi connectivity index (χ3n) is 6.22. The Morgan fingerprint density at radius 1 is 1.09 bits per heavy atom. The summed E-state index contributed by atoms with van der Waals surface area (Å²) in [5.41, 5.74) is 1.34. The Labute approximate surface area is 192 Å². The van der Waals surface area contributed by atoms with Gasteiger partial charge in [0.2, 0.25) is 11.8 Å². The lowest BCUT2D eigenvalue weighted by Crippen LogP contribution is -2.37. The number of nitrogens with one attached hydrogen (secondary N) is 1. The molecule has 1 N–H and O–H groups in total. The highest BCUT2D eigenvalue weighted by Gasteiger charge is 2.25. The molecule has 1 saturated carbocycles. The van der Waals surface area contributed by atoms with E-state index in [-0.39, 0.29) is 11.9 Å². The molecule has 1 aliphatic heterocycles. The SMILES string of the molecule is CC(=O)c1cnc2cc(N3CCOCC3)nc(OC3CCC(Nc4ncccn4)CC3)c2c1. The summed E-state index contributed by atoms with van der Waals surface area (Å²) < 4.78 is 11.9. The normalized spacial score (nSPS) is 21.1. The van der Waals surface area contributed by atoms with Crippen molar-refractivity contribution in [3.8, 4) is 5.88 Å². The maximum Gasteiger partial charge on any atom is 0.225 e. The third-order valence-corrected chi connectivity index (χ3v) is 6.22. The first-order valence-corrected chi connectivity index (χ1v) is 11.5. The molecule has 0 aromatic carbocycles. The topological polar surface area (TPSA) is 102 Å². The van der Waals surface area contributed by atoms with E-state index < -0.39 is 0 Å². The zero-order chi connectivity index (χ0) is 22.6. The van der Waals surface area contributed by atoms with Crippen molar-refractivity contribution in [3.63, 3.8) is 0 Å². The number of aromatic nitrogens is 4. The number of nitrogens with zero attached hydrogens (tertiary/aromatic N) is 5. The third kappa shape index (κ3) is 5.03. The molecule has 0 radical (unpaired) electrons. The Balaban J connectivity index is 1.35. The Hall–Kier alpha value is -3.33. The van der Waals surface area contributed by atoms with E-state index in [1.54, 1.807) is 25.5 Å². The first-order valence-electron chi connectivity index (χ1n) is 11.5. The van der Waals surface area contributed by atoms with Gasteiger partial charge in [-0.1, -0.05) is 0 Å². The molecule has 5 rings (SSSR count). The number of hydrogen-bond acceptors (Lipinski definition) is 9. The molecule has 2 fully saturated rings. The van der Waals surface area contributed by atoms with Gasteiger partial charge < -0.3 is 19.7 Å². The Bertz CT molecular complexity index is 1110. The van der Waals surface area contributed by atoms with E-state index in [0.29, 0.717) is 36.6 Å². The van der Waals surface area contributed by atoms with Crippen molar-refractivity contribution in [1.29, 1.82) is 0 Å². The molecule has 9 nitrogen and oxygen atoms in total. The van der Waals surface area contributed by atoms with Crippen LogP contribution >= 0.6 is 0 Å². The summed E-state index contributed by atoms with van der Waals surface area (Å²) in [4.78, 5) is 32.1. The fraction of sp³-hybridized carbons (Fsp3) is 0.458. The van der Waals surface area contributed by atoms with Crippen molar-refractivity contribution in [2.24, 2.45) is 0 Å². The molecule has 172 valence electrons. The number of anilines is 2. The maximum absolute atomic E-state index is 12.0. The summed E-state index contributed by atoms with van der Waals surface area (Å²) in [7, 11) is 0. The van der Waals surface area contributed by atoms with Crippen LogP contribution in [-0.2, 0) is 4.74 Å². The average Bonchev–Trinajstić information content (AvgIpc) is 2.86. The molecule has 9 heteroatoms. The standard InChI is InChI=1S/C24H28N6O3/c1-16(31)17-13-20-21(27-15-17)14-22(30-9-11-32-12-10-30)29-23(20)33-19-5-3-18(4-6-19)28-24-25-7-2-8-26-24/h2,7-8,13-15,18-19H,3-6,9-12H2,1H3,(H,25,26,28). The lowest BCUT2D eigenvalue weighted by atomic mass is 9.93. The summed E-state index contributed by atoms with van der Waals surface area (Å²) in [5, 5.41) is 4.18. The number of hydrogen-bond donors (Lipinski definition) is 1. The number of ketones is 1. The van der Waals surface area contributed by atoms with E-state index in [4.69, 9.17) is 14.5 Å². The second-order valence-corrected chi connectivity index (χ2v) is 8.54. The molecule has 0 bridgehead atoms. The molecule has 1 aliphatic carbocycles. The highest BCUT2D eigenvalue weighted by molar-refractivity contribution is 5.98. The summed E-state index contributed by atoms with van der Waals surface area (Å²) in [5.74, 6) is 2.02. The lowest BCUT2D eigenvalue weighted by molar-refractivity contribution is 0.101. The molecule has 0 unspecified atom stereocenters. The second-order valence-electron chi connectivity index (χ2n) is 8.54. The van der Waals surface area contributed by atoms with E-state index in [2.05, 4.69) is 25.2 Å². The van der Waals surface area contributed by atoms with Gasteiger partial charge in [0.25, 0.3) is 0 Å². The summed E-state index contributed by atoms with van der Waals surface area (Å²) in [6.45, 7) is 4.46. The van der Waals surface area contributed by atoms with Gasteiger partial charge in [0, 0.05) is 49.4 Å². The molecule has 0 amide bonds. The highest BCUT2D eigenvalue weighted by atomic mass is 16.5. The van der Waals surface area contributed by atoms with Crippen molar-refractivity contribution in [2.75, 3.05) is 36.5 Å². The van der Waals surface area contributed by atoms with Gasteiger partial charge in [-0.2, -0.15) is 4.98 Å². The number of rotatable bonds is 6. The van der Waals surface area contributed by atoms with Gasteiger partial charge in [0.15, 0.2) is 5.78 Å². The minimum Gasteiger partial charge on any atom is -0.474 e. The molecule has 3 aromatic heterocycles. The fourth-order valence-corrected chi connectivity index (χ4v) is 4.36. The van der Waals surface area contributed by atoms with Crippen LogP contribution in [0.5, 0.6) is 5.88 Å². The van der Waals surface area contributed by atoms with Gasteiger partial charge >= 0.3 is 0 Å². The van der Waals surface area contributed by atoms with E-state index >= 15 is 0 Å². The zero-order valence-electron chi connectivity index (χ0n) is 18.7. The average molecular weight is 449 g/mol. The van der Waals surface area contributed by atoms with Crippen molar-refractivity contribution in [2.45, 2.75) is 44.8 Å². The molecule has 0 atom stereocenters. The van der Waals surface area contributed by atoms with Gasteiger partial charge in [-0.25, -0.2) is 9.97 Å². The summed E-state index contributed by atoms with van der Waals surface area (Å²) >= 11 is 0. The smallest absolute Gasteiger partial charge is 0.225 e. The minimum atomic E-state index is -0.0256. The molecular weight excluding hydrogens is 420 g/mol. The fourth-order valence-electron chi connectivity index (χ4n) is 4.36. The molecule has 4 heterocycles. The summed E-state index contributed by atoms with van der Waals surface area (Å²) in [6, 6.07) is 5.95. The van der Waals surface area contributed by atoms with Crippen LogP contribution in [0.25, 0.3) is 10.9 Å². The first-order chi connectivity index (χ1) is 16.2. The van der Waals surface area contributed by atoms with Crippen molar-refractivity contribution < 1.29 is 14.3 Å². The van der Waals surface area contributed by atoms with Gasteiger partial charge in [-0.15, -0.1) is 0 Å². The molecule has 33 heavy (non-hydrogen) atoms. The Morgan fingerprint density at radius 3 is 2.58 bits per heavy atom. The van der Waals surface area contributed by atoms with Crippen LogP contribution in [0.15, 0.2) is 36.8 Å². The molecule has 3 aromatic rings. The summed E-state index contributed by atoms with van der Waals surface area (Å²) in [6.07, 6.45) is 8.88. The van der Waals surface area contributed by atoms with Crippen molar-refractivity contribution >= 4 is 28.5 Å². The molecule has 1 saturated heterocycles. The number of pyridine rings is 2. The van der Waals surface area contributed by atoms with Gasteiger partial charge in [-0.3, -0.25) is 9.78 Å². The van der Waals surface area contributed by atoms with Gasteiger partial charge in [-0.05, 0) is 44.7 Å². The Morgan fingerprint density at radius 2 is 1.85 bits per heavy atom. The van der Waals surface area contributed by atoms with E-state index in [1.165, 1.54) is 0 Å². The van der Waals surface area contributed by atoms with Crippen molar-refractivity contribution in [1.82, 2.24) is 19.9 Å². The number of carbonyl (C=O) groups is 1. The van der Waals surface area contributed by atoms with Gasteiger partial charge in [0.1, 0.15) is 11.9 Å². The minimum absolute atomic E-state index is 0.0256. The largest absolute Gasteiger partial charge is 0.474 e. The van der Waals surface area contributed by atoms with Crippen LogP contribution in [0, 0.1) is 0 Å². The number of ether oxygens (including phenoxy) is 2. The maximum atomic E-state index is 12.0. The first kappa shape index (κ1) is 21.5. The zero-order valence-corrected chi connectivity index (χ0v) is 18.7. The van der Waals surface area contributed by atoms with Crippen molar-refractivity contribution in [3.05, 3.63) is 42.4 Å². The lowest BCUT2D eigenvalue weighted by Gasteiger charge is -2.31. The number of morpholine rings is 1. The Kier molecular flexibility index (Phi) is 6.30. The predicted octanol–water partition coefficient (Wildman–Crippen LogP) is 3.26. The second kappa shape index (κ2) is 9.66. The van der Waals surface area contributed by atoms with Crippen LogP contribution < -0.4 is 15.0 Å². The van der Waals surface area contributed by atoms with Crippen LogP contribution in [0.4, 0.5) is 11.8 Å². The van der Waals surface area contributed by atoms with E-state index in [0.717, 1.165) is 55.5 Å². The van der Waals surface area contributed by atoms with Gasteiger partial charge in [0.05, 0.1) is 24.1 Å². The molecule has 0 spiro atoms. The molecular formula is C24H28N6O3. The number of fused-ring (bicyclic) bond motifs is 1. The number of carbonyl (C=O) groups excluding carboxylic acids is 1. The quantitative estimate of drug-likeness (QED) is 0.569. The van der Waals surface area contributed by atoms with Crippen LogP contribution in [0.2, 0.25) is 0 Å². The van der Waals surface area contributed by atoms with Crippen LogP contribution in [0.3, 0.4) is 0 Å². The monoisotopic (exact) mass is 448 g/mol. The highest BCUT2D eigenvalue weighted by Crippen LogP contribution is 2.32. The predicted molar refractivity (Wildman–Crippen MR) is 125 cm³/mol. The molecule has 2 aliphatic rings.